The van der Waals surface area contributed by atoms with Gasteiger partial charge in [-0.2, -0.15) is 0 Å². The Morgan fingerprint density at radius 2 is 1.79 bits per heavy atom. The molecule has 0 aromatic rings. The number of ether oxygens (including phenoxy) is 1. The molecule has 4 heteroatoms. The van der Waals surface area contributed by atoms with Crippen molar-refractivity contribution in [1.82, 2.24) is 0 Å². The molecule has 0 aliphatic rings. The Hall–Kier alpha value is -1.06. The topological polar surface area (TPSA) is 63.6 Å². The highest BCUT2D eigenvalue weighted by Crippen LogP contribution is 1.97. The lowest BCUT2D eigenvalue weighted by molar-refractivity contribution is -0.143. The van der Waals surface area contributed by atoms with E-state index in [0.717, 1.165) is 6.42 Å². The fourth-order valence-corrected chi connectivity index (χ4v) is 0.438. The van der Waals surface area contributed by atoms with Crippen molar-refractivity contribution in [3.63, 3.8) is 0 Å². The summed E-state index contributed by atoms with van der Waals surface area (Å²) in [6.07, 6.45) is 1.20. The first-order valence-electron chi connectivity index (χ1n) is 4.87. The lowest BCUT2D eigenvalue weighted by Gasteiger charge is -1.96. The van der Waals surface area contributed by atoms with Crippen LogP contribution in [0.25, 0.3) is 0 Å². The Kier molecular flexibility index (Phi) is 11.0. The number of hydrogen-bond acceptors (Lipinski definition) is 3. The van der Waals surface area contributed by atoms with Gasteiger partial charge in [0, 0.05) is 6.42 Å². The SMILES string of the molecule is CCC(C)C(=O)O.CCOC(=O)CC. The van der Waals surface area contributed by atoms with Crippen molar-refractivity contribution in [2.75, 3.05) is 6.61 Å². The number of hydrogen-bond donors (Lipinski definition) is 1. The van der Waals surface area contributed by atoms with Crippen LogP contribution >= 0.6 is 0 Å². The third kappa shape index (κ3) is 10.9. The first-order valence-corrected chi connectivity index (χ1v) is 4.87. The molecule has 0 aromatic carbocycles. The van der Waals surface area contributed by atoms with Crippen molar-refractivity contribution < 1.29 is 19.4 Å². The molecular weight excluding hydrogens is 184 g/mol. The number of aliphatic carboxylic acids is 1. The van der Waals surface area contributed by atoms with Crippen molar-refractivity contribution in [3.8, 4) is 0 Å². The van der Waals surface area contributed by atoms with Crippen LogP contribution in [-0.2, 0) is 14.3 Å². The predicted octanol–water partition coefficient (Wildman–Crippen LogP) is 2.08. The van der Waals surface area contributed by atoms with Gasteiger partial charge in [-0.3, -0.25) is 9.59 Å². The van der Waals surface area contributed by atoms with Crippen LogP contribution < -0.4 is 0 Å². The van der Waals surface area contributed by atoms with Crippen LogP contribution in [0.15, 0.2) is 0 Å². The second kappa shape index (κ2) is 10.0. The quantitative estimate of drug-likeness (QED) is 0.712. The van der Waals surface area contributed by atoms with Gasteiger partial charge in [0.2, 0.25) is 0 Å². The van der Waals surface area contributed by atoms with Crippen molar-refractivity contribution in [2.24, 2.45) is 5.92 Å². The Morgan fingerprint density at radius 1 is 1.29 bits per heavy atom. The van der Waals surface area contributed by atoms with Gasteiger partial charge in [-0.05, 0) is 13.3 Å². The third-order valence-electron chi connectivity index (χ3n) is 1.63. The summed E-state index contributed by atoms with van der Waals surface area (Å²) in [6, 6.07) is 0. The molecule has 0 saturated heterocycles. The minimum absolute atomic E-state index is 0.123. The van der Waals surface area contributed by atoms with Gasteiger partial charge < -0.3 is 9.84 Å². The smallest absolute Gasteiger partial charge is 0.306 e. The summed E-state index contributed by atoms with van der Waals surface area (Å²) in [5.74, 6) is -1.01. The van der Waals surface area contributed by atoms with E-state index in [9.17, 15) is 9.59 Å². The summed E-state index contributed by atoms with van der Waals surface area (Å²) in [5.41, 5.74) is 0. The molecule has 14 heavy (non-hydrogen) atoms. The molecular formula is C10H20O4. The molecule has 0 bridgehead atoms. The Balaban J connectivity index is 0. The van der Waals surface area contributed by atoms with Crippen molar-refractivity contribution >= 4 is 11.9 Å². The van der Waals surface area contributed by atoms with E-state index < -0.39 is 5.97 Å². The van der Waals surface area contributed by atoms with Gasteiger partial charge in [-0.25, -0.2) is 0 Å². The van der Waals surface area contributed by atoms with E-state index in [2.05, 4.69) is 4.74 Å². The number of carboxylic acids is 1. The van der Waals surface area contributed by atoms with Gasteiger partial charge in [-0.15, -0.1) is 0 Å². The molecule has 0 amide bonds. The fourth-order valence-electron chi connectivity index (χ4n) is 0.438. The highest BCUT2D eigenvalue weighted by atomic mass is 16.5. The van der Waals surface area contributed by atoms with Crippen LogP contribution in [0.5, 0.6) is 0 Å². The van der Waals surface area contributed by atoms with Crippen LogP contribution in [0.1, 0.15) is 40.5 Å². The highest BCUT2D eigenvalue weighted by molar-refractivity contribution is 5.69. The maximum atomic E-state index is 10.2. The summed E-state index contributed by atoms with van der Waals surface area (Å²) >= 11 is 0. The second-order valence-corrected chi connectivity index (χ2v) is 2.81. The Labute approximate surface area is 85.3 Å². The van der Waals surface area contributed by atoms with E-state index in [1.807, 2.05) is 6.92 Å². The van der Waals surface area contributed by atoms with E-state index in [4.69, 9.17) is 5.11 Å². The predicted molar refractivity (Wildman–Crippen MR) is 54.0 cm³/mol. The maximum Gasteiger partial charge on any atom is 0.306 e. The first kappa shape index (κ1) is 15.4. The molecule has 1 unspecified atom stereocenters. The molecule has 0 aliphatic carbocycles. The van der Waals surface area contributed by atoms with Gasteiger partial charge in [0.1, 0.15) is 0 Å². The van der Waals surface area contributed by atoms with E-state index in [1.54, 1.807) is 20.8 Å². The molecule has 0 heterocycles. The second-order valence-electron chi connectivity index (χ2n) is 2.81. The molecule has 0 radical (unpaired) electrons. The van der Waals surface area contributed by atoms with Gasteiger partial charge in [0.25, 0.3) is 0 Å². The largest absolute Gasteiger partial charge is 0.481 e. The average Bonchev–Trinajstić information content (AvgIpc) is 2.17. The molecule has 0 aromatic heterocycles. The monoisotopic (exact) mass is 204 g/mol. The van der Waals surface area contributed by atoms with Gasteiger partial charge in [0.15, 0.2) is 0 Å². The lowest BCUT2D eigenvalue weighted by Crippen LogP contribution is -2.06. The average molecular weight is 204 g/mol. The number of esters is 1. The lowest BCUT2D eigenvalue weighted by atomic mass is 10.1. The van der Waals surface area contributed by atoms with Gasteiger partial charge >= 0.3 is 11.9 Å². The van der Waals surface area contributed by atoms with Crippen molar-refractivity contribution in [1.29, 1.82) is 0 Å². The summed E-state index contributed by atoms with van der Waals surface area (Å²) in [5, 5.41) is 8.18. The van der Waals surface area contributed by atoms with Crippen LogP contribution in [0.4, 0.5) is 0 Å². The zero-order chi connectivity index (χ0) is 11.6. The number of carboxylic acid groups (broad SMARTS) is 1. The van der Waals surface area contributed by atoms with Crippen LogP contribution in [0.2, 0.25) is 0 Å². The molecule has 0 aliphatic heterocycles. The van der Waals surface area contributed by atoms with Gasteiger partial charge in [-0.1, -0.05) is 20.8 Å². The van der Waals surface area contributed by atoms with E-state index >= 15 is 0 Å². The number of carbonyl (C=O) groups is 2. The maximum absolute atomic E-state index is 10.2. The Bertz CT molecular complexity index is 164. The first-order chi connectivity index (χ1) is 6.49. The summed E-state index contributed by atoms with van der Waals surface area (Å²) in [7, 11) is 0. The van der Waals surface area contributed by atoms with Crippen molar-refractivity contribution in [2.45, 2.75) is 40.5 Å². The van der Waals surface area contributed by atoms with Gasteiger partial charge in [0.05, 0.1) is 12.5 Å². The molecule has 4 nitrogen and oxygen atoms in total. The van der Waals surface area contributed by atoms with E-state index in [1.165, 1.54) is 0 Å². The third-order valence-corrected chi connectivity index (χ3v) is 1.63. The molecule has 0 spiro atoms. The number of carbonyl (C=O) groups excluding carboxylic acids is 1. The standard InChI is InChI=1S/2C5H10O2/c1-3-5(6)7-4-2;1-3-4(2)5(6)7/h3-4H2,1-2H3;4H,3H2,1-2H3,(H,6,7). The summed E-state index contributed by atoms with van der Waals surface area (Å²) in [6.45, 7) is 7.62. The van der Waals surface area contributed by atoms with Crippen LogP contribution in [0.3, 0.4) is 0 Å². The molecule has 0 rings (SSSR count). The molecule has 0 fully saturated rings. The van der Waals surface area contributed by atoms with Crippen LogP contribution in [-0.4, -0.2) is 23.7 Å². The zero-order valence-corrected chi connectivity index (χ0v) is 9.37. The molecule has 1 N–H and O–H groups in total. The Morgan fingerprint density at radius 3 is 1.86 bits per heavy atom. The van der Waals surface area contributed by atoms with E-state index in [0.29, 0.717) is 13.0 Å². The number of rotatable bonds is 4. The zero-order valence-electron chi connectivity index (χ0n) is 9.37. The van der Waals surface area contributed by atoms with Crippen molar-refractivity contribution in [3.05, 3.63) is 0 Å². The summed E-state index contributed by atoms with van der Waals surface area (Å²) in [4.78, 5) is 20.1. The molecule has 84 valence electrons. The van der Waals surface area contributed by atoms with Crippen LogP contribution in [0, 0.1) is 5.92 Å². The fraction of sp³-hybridized carbons (Fsp3) is 0.800. The highest BCUT2D eigenvalue weighted by Gasteiger charge is 2.05. The normalized spacial score (nSPS) is 10.9. The minimum Gasteiger partial charge on any atom is -0.481 e. The van der Waals surface area contributed by atoms with E-state index in [-0.39, 0.29) is 11.9 Å². The summed E-state index contributed by atoms with van der Waals surface area (Å²) < 4.78 is 4.55. The molecule has 0 saturated carbocycles. The minimum atomic E-state index is -0.706. The molecule has 1 atom stereocenters.